The zero-order valence-corrected chi connectivity index (χ0v) is 9.63. The number of nitrogens with zero attached hydrogens (tertiary/aromatic N) is 1. The Morgan fingerprint density at radius 2 is 2.31 bits per heavy atom. The largest absolute Gasteiger partial charge is 0.323 e. The second-order valence-corrected chi connectivity index (χ2v) is 4.17. The van der Waals surface area contributed by atoms with Gasteiger partial charge in [-0.15, -0.1) is 0 Å². The average molecular weight is 243 g/mol. The van der Waals surface area contributed by atoms with Crippen LogP contribution < -0.4 is 5.73 Å². The smallest absolute Gasteiger partial charge is 0.0600 e. The van der Waals surface area contributed by atoms with Gasteiger partial charge in [-0.2, -0.15) is 0 Å². The van der Waals surface area contributed by atoms with Gasteiger partial charge >= 0.3 is 0 Å². The van der Waals surface area contributed by atoms with E-state index in [9.17, 15) is 0 Å². The van der Waals surface area contributed by atoms with Crippen LogP contribution in [0.15, 0.2) is 16.7 Å². The van der Waals surface area contributed by atoms with Crippen LogP contribution >= 0.6 is 15.9 Å². The summed E-state index contributed by atoms with van der Waals surface area (Å²) in [7, 11) is 0. The number of rotatable bonds is 3. The maximum atomic E-state index is 5.98. The van der Waals surface area contributed by atoms with E-state index in [1.165, 1.54) is 0 Å². The van der Waals surface area contributed by atoms with Crippen molar-refractivity contribution in [3.8, 4) is 0 Å². The van der Waals surface area contributed by atoms with Gasteiger partial charge in [0.15, 0.2) is 0 Å². The van der Waals surface area contributed by atoms with E-state index in [4.69, 9.17) is 5.73 Å². The fourth-order valence-electron chi connectivity index (χ4n) is 1.39. The summed E-state index contributed by atoms with van der Waals surface area (Å²) in [5.74, 6) is 0. The monoisotopic (exact) mass is 242 g/mol. The molecule has 0 bridgehead atoms. The minimum Gasteiger partial charge on any atom is -0.323 e. The van der Waals surface area contributed by atoms with Crippen molar-refractivity contribution in [1.29, 1.82) is 0 Å². The molecule has 0 fully saturated rings. The van der Waals surface area contributed by atoms with Crippen LogP contribution in [0.25, 0.3) is 0 Å². The molecule has 1 aromatic heterocycles. The number of hydrogen-bond donors (Lipinski definition) is 1. The third-order valence-electron chi connectivity index (χ3n) is 2.04. The number of pyridine rings is 1. The van der Waals surface area contributed by atoms with Gasteiger partial charge in [0, 0.05) is 16.7 Å². The second-order valence-electron chi connectivity index (χ2n) is 3.25. The van der Waals surface area contributed by atoms with Crippen LogP contribution in [0.4, 0.5) is 0 Å². The molecular weight excluding hydrogens is 228 g/mol. The number of halogens is 1. The molecule has 0 aliphatic carbocycles. The van der Waals surface area contributed by atoms with Gasteiger partial charge < -0.3 is 5.73 Å². The molecule has 1 atom stereocenters. The summed E-state index contributed by atoms with van der Waals surface area (Å²) in [6, 6.07) is 2.13. The minimum absolute atomic E-state index is 0.0816. The van der Waals surface area contributed by atoms with Gasteiger partial charge in [-0.25, -0.2) is 0 Å². The van der Waals surface area contributed by atoms with Crippen molar-refractivity contribution in [2.45, 2.75) is 32.7 Å². The molecule has 1 rings (SSSR count). The SMILES string of the molecule is CCC[C@H](N)c1ncc(Br)cc1C. The standard InChI is InChI=1S/C10H15BrN2/c1-3-4-9(12)10-7(2)5-8(11)6-13-10/h5-6,9H,3-4,12H2,1-2H3/t9-/m0/s1. The quantitative estimate of drug-likeness (QED) is 0.886. The van der Waals surface area contributed by atoms with E-state index in [1.807, 2.05) is 6.92 Å². The topological polar surface area (TPSA) is 38.9 Å². The van der Waals surface area contributed by atoms with Crippen molar-refractivity contribution >= 4 is 15.9 Å². The Balaban J connectivity index is 2.88. The van der Waals surface area contributed by atoms with Crippen LogP contribution in [0, 0.1) is 6.92 Å². The molecule has 2 nitrogen and oxygen atoms in total. The summed E-state index contributed by atoms with van der Waals surface area (Å²) < 4.78 is 1.01. The highest BCUT2D eigenvalue weighted by Gasteiger charge is 2.09. The third-order valence-corrected chi connectivity index (χ3v) is 2.47. The van der Waals surface area contributed by atoms with E-state index in [-0.39, 0.29) is 6.04 Å². The molecule has 1 heterocycles. The molecule has 0 saturated heterocycles. The molecule has 0 spiro atoms. The fraction of sp³-hybridized carbons (Fsp3) is 0.500. The summed E-state index contributed by atoms with van der Waals surface area (Å²) in [4.78, 5) is 4.32. The molecule has 0 aromatic carbocycles. The van der Waals surface area contributed by atoms with Crippen LogP contribution in [0.2, 0.25) is 0 Å². The molecule has 1 aromatic rings. The molecule has 0 saturated carbocycles. The van der Waals surface area contributed by atoms with E-state index >= 15 is 0 Å². The lowest BCUT2D eigenvalue weighted by molar-refractivity contribution is 0.617. The minimum atomic E-state index is 0.0816. The van der Waals surface area contributed by atoms with Crippen LogP contribution in [-0.4, -0.2) is 4.98 Å². The van der Waals surface area contributed by atoms with E-state index in [0.717, 1.165) is 28.6 Å². The molecule has 0 aliphatic heterocycles. The molecule has 3 heteroatoms. The van der Waals surface area contributed by atoms with Gasteiger partial charge in [0.05, 0.1) is 5.69 Å². The van der Waals surface area contributed by atoms with Gasteiger partial charge in [-0.1, -0.05) is 13.3 Å². The lowest BCUT2D eigenvalue weighted by atomic mass is 10.1. The van der Waals surface area contributed by atoms with Gasteiger partial charge in [-0.05, 0) is 40.9 Å². The predicted molar refractivity (Wildman–Crippen MR) is 58.5 cm³/mol. The summed E-state index contributed by atoms with van der Waals surface area (Å²) >= 11 is 3.38. The lowest BCUT2D eigenvalue weighted by Gasteiger charge is -2.12. The highest BCUT2D eigenvalue weighted by Crippen LogP contribution is 2.20. The van der Waals surface area contributed by atoms with E-state index in [0.29, 0.717) is 0 Å². The molecule has 2 N–H and O–H groups in total. The first-order chi connectivity index (χ1) is 6.15. The first kappa shape index (κ1) is 10.7. The Morgan fingerprint density at radius 1 is 1.62 bits per heavy atom. The van der Waals surface area contributed by atoms with E-state index in [2.05, 4.69) is 33.9 Å². The Morgan fingerprint density at radius 3 is 2.85 bits per heavy atom. The molecule has 0 aliphatic rings. The van der Waals surface area contributed by atoms with Crippen molar-refractivity contribution in [3.05, 3.63) is 28.0 Å². The van der Waals surface area contributed by atoms with Crippen molar-refractivity contribution in [2.24, 2.45) is 5.73 Å². The van der Waals surface area contributed by atoms with Crippen molar-refractivity contribution < 1.29 is 0 Å². The molecule has 0 amide bonds. The van der Waals surface area contributed by atoms with Crippen molar-refractivity contribution in [3.63, 3.8) is 0 Å². The Hall–Kier alpha value is -0.410. The average Bonchev–Trinajstić information content (AvgIpc) is 2.04. The Bertz CT molecular complexity index is 286. The maximum absolute atomic E-state index is 5.98. The Labute approximate surface area is 87.7 Å². The van der Waals surface area contributed by atoms with Gasteiger partial charge in [0.1, 0.15) is 0 Å². The molecule has 13 heavy (non-hydrogen) atoms. The fourth-order valence-corrected chi connectivity index (χ4v) is 1.83. The number of hydrogen-bond acceptors (Lipinski definition) is 2. The van der Waals surface area contributed by atoms with Crippen LogP contribution in [0.1, 0.15) is 37.1 Å². The first-order valence-corrected chi connectivity index (χ1v) is 5.32. The predicted octanol–water partition coefficient (Wildman–Crippen LogP) is 2.95. The van der Waals surface area contributed by atoms with E-state index < -0.39 is 0 Å². The van der Waals surface area contributed by atoms with Gasteiger partial charge in [0.2, 0.25) is 0 Å². The molecular formula is C10H15BrN2. The van der Waals surface area contributed by atoms with Crippen LogP contribution in [-0.2, 0) is 0 Å². The number of aryl methyl sites for hydroxylation is 1. The summed E-state index contributed by atoms with van der Waals surface area (Å²) in [6.07, 6.45) is 3.89. The second kappa shape index (κ2) is 4.72. The maximum Gasteiger partial charge on any atom is 0.0600 e. The number of aromatic nitrogens is 1. The lowest BCUT2D eigenvalue weighted by Crippen LogP contribution is -2.13. The van der Waals surface area contributed by atoms with Crippen molar-refractivity contribution in [2.75, 3.05) is 0 Å². The zero-order valence-electron chi connectivity index (χ0n) is 8.05. The molecule has 0 unspecified atom stereocenters. The van der Waals surface area contributed by atoms with Crippen molar-refractivity contribution in [1.82, 2.24) is 4.98 Å². The summed E-state index contributed by atoms with van der Waals surface area (Å²) in [5, 5.41) is 0. The van der Waals surface area contributed by atoms with E-state index in [1.54, 1.807) is 6.20 Å². The van der Waals surface area contributed by atoms with Gasteiger partial charge in [-0.3, -0.25) is 4.98 Å². The molecule has 72 valence electrons. The zero-order chi connectivity index (χ0) is 9.84. The number of nitrogens with two attached hydrogens (primary N) is 1. The summed E-state index contributed by atoms with van der Waals surface area (Å²) in [6.45, 7) is 4.18. The van der Waals surface area contributed by atoms with Gasteiger partial charge in [0.25, 0.3) is 0 Å². The van der Waals surface area contributed by atoms with Crippen LogP contribution in [0.5, 0.6) is 0 Å². The highest BCUT2D eigenvalue weighted by atomic mass is 79.9. The first-order valence-electron chi connectivity index (χ1n) is 4.52. The highest BCUT2D eigenvalue weighted by molar-refractivity contribution is 9.10. The molecule has 0 radical (unpaired) electrons. The van der Waals surface area contributed by atoms with Crippen LogP contribution in [0.3, 0.4) is 0 Å². The normalized spacial score (nSPS) is 12.9. The summed E-state index contributed by atoms with van der Waals surface area (Å²) in [5.41, 5.74) is 8.16. The third kappa shape index (κ3) is 2.78. The Kier molecular flexibility index (Phi) is 3.88.